The van der Waals surface area contributed by atoms with Crippen LogP contribution in [0.3, 0.4) is 0 Å². The van der Waals surface area contributed by atoms with Gasteiger partial charge in [-0.25, -0.2) is 5.01 Å². The molecule has 2 amide bonds. The molecule has 1 aliphatic rings. The largest absolute Gasteiger partial charge is 0.508 e. The highest BCUT2D eigenvalue weighted by molar-refractivity contribution is 8.02. The number of phenols is 1. The SMILES string of the molecule is COc1ccc(C#CC2SC(C)(c3ccc(C)cc3)N(NC(=O)c3cccc(O)c3)C2=O)cc1. The van der Waals surface area contributed by atoms with Crippen molar-refractivity contribution in [3.05, 3.63) is 95.1 Å². The van der Waals surface area contributed by atoms with Gasteiger partial charge in [-0.2, -0.15) is 0 Å². The van der Waals surface area contributed by atoms with E-state index in [1.807, 2.05) is 62.4 Å². The number of rotatable bonds is 4. The van der Waals surface area contributed by atoms with Crippen molar-refractivity contribution in [2.45, 2.75) is 24.0 Å². The van der Waals surface area contributed by atoms with E-state index in [-0.39, 0.29) is 17.2 Å². The van der Waals surface area contributed by atoms with Gasteiger partial charge >= 0.3 is 0 Å². The topological polar surface area (TPSA) is 78.9 Å². The van der Waals surface area contributed by atoms with Crippen molar-refractivity contribution >= 4 is 23.6 Å². The molecule has 0 bridgehead atoms. The van der Waals surface area contributed by atoms with Gasteiger partial charge in [-0.3, -0.25) is 15.0 Å². The van der Waals surface area contributed by atoms with Gasteiger partial charge in [0.2, 0.25) is 0 Å². The summed E-state index contributed by atoms with van der Waals surface area (Å²) in [5.74, 6) is 6.01. The molecule has 1 heterocycles. The van der Waals surface area contributed by atoms with Crippen molar-refractivity contribution in [2.24, 2.45) is 0 Å². The van der Waals surface area contributed by atoms with Crippen molar-refractivity contribution in [1.82, 2.24) is 10.4 Å². The molecule has 0 aliphatic carbocycles. The van der Waals surface area contributed by atoms with E-state index in [0.717, 1.165) is 22.4 Å². The lowest BCUT2D eigenvalue weighted by atomic mass is 10.1. The van der Waals surface area contributed by atoms with Gasteiger partial charge in [-0.1, -0.05) is 47.7 Å². The number of benzene rings is 3. The fraction of sp³-hybridized carbons (Fsp3) is 0.185. The lowest BCUT2D eigenvalue weighted by Gasteiger charge is -2.34. The summed E-state index contributed by atoms with van der Waals surface area (Å²) in [6, 6.07) is 21.1. The molecule has 2 atom stereocenters. The first-order valence-corrected chi connectivity index (χ1v) is 11.5. The van der Waals surface area contributed by atoms with Gasteiger partial charge in [0.05, 0.1) is 7.11 Å². The van der Waals surface area contributed by atoms with Crippen molar-refractivity contribution in [1.29, 1.82) is 0 Å². The number of hydrogen-bond acceptors (Lipinski definition) is 5. The van der Waals surface area contributed by atoms with Crippen LogP contribution in [0.2, 0.25) is 0 Å². The molecule has 0 aromatic heterocycles. The Morgan fingerprint density at radius 3 is 2.47 bits per heavy atom. The van der Waals surface area contributed by atoms with Crippen LogP contribution < -0.4 is 10.2 Å². The number of carbonyl (C=O) groups excluding carboxylic acids is 2. The highest BCUT2D eigenvalue weighted by Crippen LogP contribution is 2.47. The number of ether oxygens (including phenoxy) is 1. The fourth-order valence-electron chi connectivity index (χ4n) is 3.61. The first-order chi connectivity index (χ1) is 16.3. The number of methoxy groups -OCH3 is 1. The zero-order valence-corrected chi connectivity index (χ0v) is 19.8. The van der Waals surface area contributed by atoms with Crippen LogP contribution in [0.5, 0.6) is 11.5 Å². The normalized spacial score (nSPS) is 19.3. The van der Waals surface area contributed by atoms with Crippen LogP contribution >= 0.6 is 11.8 Å². The highest BCUT2D eigenvalue weighted by Gasteiger charge is 2.50. The van der Waals surface area contributed by atoms with E-state index in [1.165, 1.54) is 28.9 Å². The van der Waals surface area contributed by atoms with Gasteiger partial charge in [0.25, 0.3) is 11.8 Å². The molecule has 1 fully saturated rings. The lowest BCUT2D eigenvalue weighted by Crippen LogP contribution is -2.52. The highest BCUT2D eigenvalue weighted by atomic mass is 32.2. The molecule has 0 saturated carbocycles. The molecule has 3 aromatic carbocycles. The summed E-state index contributed by atoms with van der Waals surface area (Å²) >= 11 is 1.37. The van der Waals surface area contributed by atoms with Crippen molar-refractivity contribution in [3.63, 3.8) is 0 Å². The quantitative estimate of drug-likeness (QED) is 0.556. The molecule has 1 aliphatic heterocycles. The molecule has 0 radical (unpaired) electrons. The third-order valence-electron chi connectivity index (χ3n) is 5.57. The number of phenolic OH excluding ortho intramolecular Hbond substituents is 1. The van der Waals surface area contributed by atoms with Gasteiger partial charge in [0.15, 0.2) is 0 Å². The number of nitrogens with zero attached hydrogens (tertiary/aromatic N) is 1. The van der Waals surface area contributed by atoms with Crippen LogP contribution in [0.4, 0.5) is 0 Å². The van der Waals surface area contributed by atoms with E-state index in [2.05, 4.69) is 17.3 Å². The standard InChI is InChI=1S/C27H24N2O4S/c1-18-7-12-21(13-8-18)27(2)29(28-25(31)20-5-4-6-22(30)17-20)26(32)24(34-27)16-11-19-9-14-23(33-3)15-10-19/h4-10,12-15,17,24,30H,1-3H3,(H,28,31). The van der Waals surface area contributed by atoms with Crippen LogP contribution in [0.25, 0.3) is 0 Å². The number of thioether (sulfide) groups is 1. The molecule has 6 nitrogen and oxygen atoms in total. The lowest BCUT2D eigenvalue weighted by molar-refractivity contribution is -0.134. The van der Waals surface area contributed by atoms with E-state index in [1.54, 1.807) is 19.2 Å². The van der Waals surface area contributed by atoms with Gasteiger partial charge in [-0.15, -0.1) is 11.8 Å². The number of carbonyl (C=O) groups is 2. The maximum atomic E-state index is 13.4. The summed E-state index contributed by atoms with van der Waals surface area (Å²) in [5.41, 5.74) is 5.71. The van der Waals surface area contributed by atoms with Crippen LogP contribution in [-0.2, 0) is 9.67 Å². The van der Waals surface area contributed by atoms with E-state index in [4.69, 9.17) is 4.74 Å². The average molecular weight is 473 g/mol. The molecule has 2 N–H and O–H groups in total. The Kier molecular flexibility index (Phi) is 6.53. The summed E-state index contributed by atoms with van der Waals surface area (Å²) in [6.07, 6.45) is 0. The van der Waals surface area contributed by atoms with Crippen molar-refractivity contribution < 1.29 is 19.4 Å². The second-order valence-corrected chi connectivity index (χ2v) is 9.51. The predicted molar refractivity (Wildman–Crippen MR) is 132 cm³/mol. The summed E-state index contributed by atoms with van der Waals surface area (Å²) in [7, 11) is 1.60. The number of hydrogen-bond donors (Lipinski definition) is 2. The second kappa shape index (κ2) is 9.54. The number of aromatic hydroxyl groups is 1. The second-order valence-electron chi connectivity index (χ2n) is 8.01. The van der Waals surface area contributed by atoms with Gasteiger partial charge in [0, 0.05) is 11.1 Å². The zero-order valence-electron chi connectivity index (χ0n) is 19.0. The molecule has 2 unspecified atom stereocenters. The first-order valence-electron chi connectivity index (χ1n) is 10.6. The maximum Gasteiger partial charge on any atom is 0.270 e. The summed E-state index contributed by atoms with van der Waals surface area (Å²) in [4.78, 5) is 25.5. The average Bonchev–Trinajstić information content (AvgIpc) is 3.08. The van der Waals surface area contributed by atoms with Crippen molar-refractivity contribution in [2.75, 3.05) is 7.11 Å². The van der Waals surface area contributed by atoms with Gasteiger partial charge in [0.1, 0.15) is 21.6 Å². The number of aryl methyl sites for hydroxylation is 1. The van der Waals surface area contributed by atoms with E-state index in [9.17, 15) is 14.7 Å². The number of nitrogens with one attached hydrogen (secondary N) is 1. The molecule has 4 rings (SSSR count). The minimum Gasteiger partial charge on any atom is -0.508 e. The van der Waals surface area contributed by atoms with Crippen LogP contribution in [0.1, 0.15) is 34.0 Å². The minimum absolute atomic E-state index is 0.0284. The third-order valence-corrected chi connectivity index (χ3v) is 7.00. The maximum absolute atomic E-state index is 13.4. The summed E-state index contributed by atoms with van der Waals surface area (Å²) in [5, 5.41) is 10.4. The first kappa shape index (κ1) is 23.3. The third kappa shape index (κ3) is 4.73. The van der Waals surface area contributed by atoms with Crippen LogP contribution in [-0.4, -0.2) is 34.3 Å². The molecule has 0 spiro atoms. The van der Waals surface area contributed by atoms with Crippen LogP contribution in [0, 0.1) is 18.8 Å². The molecule has 3 aromatic rings. The Labute approximate surface area is 202 Å². The molecular weight excluding hydrogens is 448 g/mol. The van der Waals surface area contributed by atoms with E-state index < -0.39 is 16.0 Å². The number of amides is 2. The Balaban J connectivity index is 1.66. The Morgan fingerprint density at radius 2 is 1.82 bits per heavy atom. The minimum atomic E-state index is -0.878. The van der Waals surface area contributed by atoms with E-state index >= 15 is 0 Å². The van der Waals surface area contributed by atoms with Gasteiger partial charge in [-0.05, 0) is 61.9 Å². The Bertz CT molecular complexity index is 1280. The molecule has 34 heavy (non-hydrogen) atoms. The fourth-order valence-corrected chi connectivity index (χ4v) is 4.91. The van der Waals surface area contributed by atoms with Crippen LogP contribution in [0.15, 0.2) is 72.8 Å². The smallest absolute Gasteiger partial charge is 0.270 e. The summed E-state index contributed by atoms with van der Waals surface area (Å²) in [6.45, 7) is 3.88. The Hall–Kier alpha value is -3.89. The predicted octanol–water partition coefficient (Wildman–Crippen LogP) is 4.22. The van der Waals surface area contributed by atoms with Gasteiger partial charge < -0.3 is 9.84 Å². The molecule has 1 saturated heterocycles. The zero-order chi connectivity index (χ0) is 24.3. The van der Waals surface area contributed by atoms with Crippen molar-refractivity contribution in [3.8, 4) is 23.3 Å². The Morgan fingerprint density at radius 1 is 1.12 bits per heavy atom. The molecular formula is C27H24N2O4S. The monoisotopic (exact) mass is 472 g/mol. The molecule has 7 heteroatoms. The van der Waals surface area contributed by atoms with E-state index in [0.29, 0.717) is 0 Å². The summed E-state index contributed by atoms with van der Waals surface area (Å²) < 4.78 is 5.17. The molecule has 172 valence electrons. The number of hydrazine groups is 1.